The first kappa shape index (κ1) is 31.2. The molecule has 1 aliphatic rings. The normalized spacial score (nSPS) is 13.1. The molecule has 12 rings (SSSR count). The average molecular weight is 711 g/mol. The SMILES string of the molecule is c1ccc(C2(c3ccccc3)c3cc(-c4cccc5oc6c7ccccc7ccc6c45)ccc3-c3c2cc2ccccc2c3-c2ccc3ccccc3c2)cc1. The Morgan fingerprint density at radius 3 is 1.77 bits per heavy atom. The van der Waals surface area contributed by atoms with E-state index in [1.54, 1.807) is 0 Å². The minimum absolute atomic E-state index is 0.582. The van der Waals surface area contributed by atoms with E-state index in [-0.39, 0.29) is 0 Å². The smallest absolute Gasteiger partial charge is 0.143 e. The Bertz CT molecular complexity index is 3310. The Morgan fingerprint density at radius 2 is 0.982 bits per heavy atom. The molecule has 0 aliphatic heterocycles. The van der Waals surface area contributed by atoms with Crippen LogP contribution in [0, 0.1) is 0 Å². The molecule has 0 unspecified atom stereocenters. The van der Waals surface area contributed by atoms with E-state index >= 15 is 0 Å². The van der Waals surface area contributed by atoms with E-state index in [9.17, 15) is 0 Å². The predicted molar refractivity (Wildman–Crippen MR) is 234 cm³/mol. The van der Waals surface area contributed by atoms with Crippen molar-refractivity contribution in [3.63, 3.8) is 0 Å². The molecule has 0 saturated carbocycles. The molecule has 0 bridgehead atoms. The van der Waals surface area contributed by atoms with Crippen LogP contribution in [0.4, 0.5) is 0 Å². The van der Waals surface area contributed by atoms with Gasteiger partial charge in [0, 0.05) is 16.2 Å². The molecule has 0 N–H and O–H groups in total. The van der Waals surface area contributed by atoms with Crippen LogP contribution < -0.4 is 0 Å². The van der Waals surface area contributed by atoms with Crippen LogP contribution in [0.5, 0.6) is 0 Å². The third-order valence-corrected chi connectivity index (χ3v) is 12.3. The molecule has 0 atom stereocenters. The summed E-state index contributed by atoms with van der Waals surface area (Å²) in [5.41, 5.74) is 13.8. The highest BCUT2D eigenvalue weighted by Gasteiger charge is 2.47. The zero-order valence-electron chi connectivity index (χ0n) is 30.5. The summed E-state index contributed by atoms with van der Waals surface area (Å²) in [6.07, 6.45) is 0. The summed E-state index contributed by atoms with van der Waals surface area (Å²) in [6, 6.07) is 76.0. The number of rotatable bonds is 4. The monoisotopic (exact) mass is 710 g/mol. The van der Waals surface area contributed by atoms with Crippen LogP contribution in [0.1, 0.15) is 22.3 Å². The van der Waals surface area contributed by atoms with Crippen molar-refractivity contribution in [1.82, 2.24) is 0 Å². The largest absolute Gasteiger partial charge is 0.455 e. The number of benzene rings is 10. The van der Waals surface area contributed by atoms with Crippen molar-refractivity contribution in [2.45, 2.75) is 5.41 Å². The van der Waals surface area contributed by atoms with E-state index in [4.69, 9.17) is 4.42 Å². The van der Waals surface area contributed by atoms with Gasteiger partial charge in [-0.25, -0.2) is 0 Å². The predicted octanol–water partition coefficient (Wildman–Crippen LogP) is 14.7. The highest BCUT2D eigenvalue weighted by atomic mass is 16.3. The third kappa shape index (κ3) is 4.31. The molecule has 1 heterocycles. The van der Waals surface area contributed by atoms with Crippen LogP contribution in [0.15, 0.2) is 211 Å². The van der Waals surface area contributed by atoms with Gasteiger partial charge in [0.15, 0.2) is 0 Å². The molecule has 1 aliphatic carbocycles. The molecule has 1 nitrogen and oxygen atoms in total. The molecule has 10 aromatic carbocycles. The van der Waals surface area contributed by atoms with Crippen molar-refractivity contribution < 1.29 is 4.42 Å². The summed E-state index contributed by atoms with van der Waals surface area (Å²) >= 11 is 0. The molecule has 1 heteroatoms. The van der Waals surface area contributed by atoms with E-state index in [1.807, 2.05) is 0 Å². The Hall–Kier alpha value is -7.22. The van der Waals surface area contributed by atoms with Gasteiger partial charge in [-0.15, -0.1) is 0 Å². The van der Waals surface area contributed by atoms with Crippen molar-refractivity contribution in [3.05, 3.63) is 229 Å². The molecule has 260 valence electrons. The third-order valence-electron chi connectivity index (χ3n) is 12.3. The number of fused-ring (bicyclic) bond motifs is 10. The van der Waals surface area contributed by atoms with Gasteiger partial charge in [0.2, 0.25) is 0 Å². The van der Waals surface area contributed by atoms with Crippen LogP contribution in [0.2, 0.25) is 0 Å². The quantitative estimate of drug-likeness (QED) is 0.177. The fourth-order valence-corrected chi connectivity index (χ4v) is 9.91. The molecule has 56 heavy (non-hydrogen) atoms. The second kappa shape index (κ2) is 11.9. The first-order valence-corrected chi connectivity index (χ1v) is 19.4. The number of furan rings is 1. The van der Waals surface area contributed by atoms with E-state index in [0.717, 1.165) is 27.3 Å². The number of hydrogen-bond acceptors (Lipinski definition) is 1. The van der Waals surface area contributed by atoms with Crippen LogP contribution in [0.3, 0.4) is 0 Å². The van der Waals surface area contributed by atoms with E-state index in [0.29, 0.717) is 0 Å². The van der Waals surface area contributed by atoms with Gasteiger partial charge in [0.1, 0.15) is 11.2 Å². The lowest BCUT2D eigenvalue weighted by Crippen LogP contribution is -2.28. The molecule has 0 saturated heterocycles. The fourth-order valence-electron chi connectivity index (χ4n) is 9.91. The maximum atomic E-state index is 6.69. The lowest BCUT2D eigenvalue weighted by molar-refractivity contribution is 0.673. The van der Waals surface area contributed by atoms with Crippen LogP contribution in [-0.2, 0) is 5.41 Å². The van der Waals surface area contributed by atoms with E-state index in [2.05, 4.69) is 206 Å². The molecule has 11 aromatic rings. The van der Waals surface area contributed by atoms with Gasteiger partial charge in [0.05, 0.1) is 5.41 Å². The van der Waals surface area contributed by atoms with Crippen molar-refractivity contribution in [2.24, 2.45) is 0 Å². The first-order valence-electron chi connectivity index (χ1n) is 19.4. The number of hydrogen-bond donors (Lipinski definition) is 0. The lowest BCUT2D eigenvalue weighted by atomic mass is 9.67. The summed E-state index contributed by atoms with van der Waals surface area (Å²) in [4.78, 5) is 0. The van der Waals surface area contributed by atoms with Crippen LogP contribution in [-0.4, -0.2) is 0 Å². The van der Waals surface area contributed by atoms with Crippen molar-refractivity contribution >= 4 is 54.3 Å². The minimum Gasteiger partial charge on any atom is -0.455 e. The Balaban J connectivity index is 1.22. The van der Waals surface area contributed by atoms with Crippen LogP contribution >= 0.6 is 0 Å². The van der Waals surface area contributed by atoms with E-state index in [1.165, 1.54) is 82.6 Å². The maximum Gasteiger partial charge on any atom is 0.143 e. The molecular formula is C55H34O. The highest BCUT2D eigenvalue weighted by Crippen LogP contribution is 2.60. The summed E-state index contributed by atoms with van der Waals surface area (Å²) in [7, 11) is 0. The van der Waals surface area contributed by atoms with Crippen LogP contribution in [0.25, 0.3) is 87.6 Å². The van der Waals surface area contributed by atoms with Gasteiger partial charge in [-0.3, -0.25) is 0 Å². The van der Waals surface area contributed by atoms with Crippen molar-refractivity contribution in [1.29, 1.82) is 0 Å². The average Bonchev–Trinajstić information content (AvgIpc) is 3.80. The van der Waals surface area contributed by atoms with Gasteiger partial charge in [-0.05, 0) is 113 Å². The summed E-state index contributed by atoms with van der Waals surface area (Å²) in [5.74, 6) is 0. The molecule has 0 radical (unpaired) electrons. The molecular weight excluding hydrogens is 677 g/mol. The van der Waals surface area contributed by atoms with Crippen molar-refractivity contribution in [2.75, 3.05) is 0 Å². The molecule has 0 fully saturated rings. The van der Waals surface area contributed by atoms with Gasteiger partial charge in [-0.1, -0.05) is 176 Å². The Kier molecular flexibility index (Phi) is 6.62. The second-order valence-electron chi connectivity index (χ2n) is 15.1. The Morgan fingerprint density at radius 1 is 0.339 bits per heavy atom. The minimum atomic E-state index is -0.582. The van der Waals surface area contributed by atoms with Gasteiger partial charge >= 0.3 is 0 Å². The zero-order valence-corrected chi connectivity index (χ0v) is 30.5. The second-order valence-corrected chi connectivity index (χ2v) is 15.1. The van der Waals surface area contributed by atoms with Crippen molar-refractivity contribution in [3.8, 4) is 33.4 Å². The standard InChI is InChI=1S/C55H34O/c1-3-18-41(19-4-1)55(42-20-5-2-6-21-42)48-33-39(44-24-13-25-50-52(44)47-31-28-36-15-9-12-23-45(36)54(47)56-50)29-30-46(48)53-49(55)34-38-17-10-11-22-43(38)51(53)40-27-26-35-14-7-8-16-37(35)32-40/h1-34H. The zero-order chi connectivity index (χ0) is 36.8. The van der Waals surface area contributed by atoms with E-state index < -0.39 is 5.41 Å². The van der Waals surface area contributed by atoms with Gasteiger partial charge < -0.3 is 4.42 Å². The van der Waals surface area contributed by atoms with Gasteiger partial charge in [0.25, 0.3) is 0 Å². The molecule has 0 amide bonds. The topological polar surface area (TPSA) is 13.1 Å². The lowest BCUT2D eigenvalue weighted by Gasteiger charge is -2.34. The highest BCUT2D eigenvalue weighted by molar-refractivity contribution is 6.19. The molecule has 0 spiro atoms. The van der Waals surface area contributed by atoms with Gasteiger partial charge in [-0.2, -0.15) is 0 Å². The first-order chi connectivity index (χ1) is 27.8. The Labute approximate surface area is 324 Å². The summed E-state index contributed by atoms with van der Waals surface area (Å²) in [5, 5.41) is 9.59. The molecule has 1 aromatic heterocycles. The fraction of sp³-hybridized carbons (Fsp3) is 0.0182. The maximum absolute atomic E-state index is 6.69. The summed E-state index contributed by atoms with van der Waals surface area (Å²) in [6.45, 7) is 0. The summed E-state index contributed by atoms with van der Waals surface area (Å²) < 4.78 is 6.69.